The van der Waals surface area contributed by atoms with Crippen LogP contribution in [-0.2, 0) is 19.3 Å². The molecule has 0 saturated carbocycles. The van der Waals surface area contributed by atoms with Gasteiger partial charge in [-0.2, -0.15) is 16.1 Å². The third-order valence-electron chi connectivity index (χ3n) is 8.02. The minimum atomic E-state index is -4.05. The van der Waals surface area contributed by atoms with E-state index in [1.165, 1.54) is 16.4 Å². The predicted molar refractivity (Wildman–Crippen MR) is 182 cm³/mol. The summed E-state index contributed by atoms with van der Waals surface area (Å²) in [5, 5.41) is 1.62. The second-order valence-corrected chi connectivity index (χ2v) is 20.3. The maximum Gasteiger partial charge on any atom is 0.295 e. The fourth-order valence-electron chi connectivity index (χ4n) is 5.85. The van der Waals surface area contributed by atoms with Gasteiger partial charge in [0.05, 0.1) is 4.90 Å². The number of carbonyl (C=O) groups excluding carboxylic acids is 1. The second kappa shape index (κ2) is 13.1. The lowest BCUT2D eigenvalue weighted by molar-refractivity contribution is -0.133. The highest BCUT2D eigenvalue weighted by molar-refractivity contribution is 8.01. The molecule has 1 saturated heterocycles. The fraction of sp³-hybridized carbons (Fsp3) is 0.294. The molecule has 2 heterocycles. The summed E-state index contributed by atoms with van der Waals surface area (Å²) in [4.78, 5) is 18.3. The van der Waals surface area contributed by atoms with E-state index in [1.807, 2.05) is 74.5 Å². The van der Waals surface area contributed by atoms with Crippen molar-refractivity contribution in [3.8, 4) is 11.5 Å². The van der Waals surface area contributed by atoms with Crippen molar-refractivity contribution in [2.45, 2.75) is 55.3 Å². The van der Waals surface area contributed by atoms with E-state index in [1.54, 1.807) is 48.4 Å². The van der Waals surface area contributed by atoms with Crippen LogP contribution in [0.3, 0.4) is 0 Å². The van der Waals surface area contributed by atoms with Crippen LogP contribution in [0.1, 0.15) is 34.6 Å². The first-order valence-electron chi connectivity index (χ1n) is 14.8. The molecular formula is C34H39N3O5S2Si. The van der Waals surface area contributed by atoms with Gasteiger partial charge in [0.15, 0.2) is 0 Å². The van der Waals surface area contributed by atoms with Crippen LogP contribution in [0.15, 0.2) is 114 Å². The molecule has 45 heavy (non-hydrogen) atoms. The van der Waals surface area contributed by atoms with Gasteiger partial charge in [-0.3, -0.25) is 9.78 Å². The first kappa shape index (κ1) is 32.9. The number of rotatable bonds is 9. The van der Waals surface area contributed by atoms with Crippen molar-refractivity contribution >= 4 is 46.4 Å². The number of sulfonamides is 1. The van der Waals surface area contributed by atoms with Crippen LogP contribution in [0.25, 0.3) is 0 Å². The van der Waals surface area contributed by atoms with Gasteiger partial charge in [-0.15, -0.1) is 0 Å². The average molecular weight is 662 g/mol. The molecule has 1 aromatic heterocycles. The second-order valence-electron chi connectivity index (χ2n) is 12.5. The average Bonchev–Trinajstić information content (AvgIpc) is 3.02. The molecular weight excluding hydrogens is 623 g/mol. The third kappa shape index (κ3) is 6.73. The Labute approximate surface area is 271 Å². The minimum absolute atomic E-state index is 0.0815. The number of aromatic nitrogens is 1. The Morgan fingerprint density at radius 1 is 0.889 bits per heavy atom. The van der Waals surface area contributed by atoms with Crippen molar-refractivity contribution in [1.82, 2.24) is 14.8 Å². The van der Waals surface area contributed by atoms with Gasteiger partial charge in [0.1, 0.15) is 17.5 Å². The zero-order valence-electron chi connectivity index (χ0n) is 26.1. The maximum atomic E-state index is 14.2. The normalized spacial score (nSPS) is 17.4. The van der Waals surface area contributed by atoms with Gasteiger partial charge >= 0.3 is 0 Å². The number of hydroxylamine groups is 1. The molecule has 1 amide bonds. The number of pyridine rings is 1. The van der Waals surface area contributed by atoms with Gasteiger partial charge in [0, 0.05) is 29.4 Å². The Morgan fingerprint density at radius 3 is 1.96 bits per heavy atom. The number of ether oxygens (including phenoxy) is 1. The number of hydrogen-bond donors (Lipinski definition) is 1. The summed E-state index contributed by atoms with van der Waals surface area (Å²) in [5.41, 5.74) is 2.82. The van der Waals surface area contributed by atoms with E-state index >= 15 is 0 Å². The maximum absolute atomic E-state index is 14.2. The summed E-state index contributed by atoms with van der Waals surface area (Å²) < 4.78 is 41.3. The van der Waals surface area contributed by atoms with E-state index in [4.69, 9.17) is 9.26 Å². The van der Waals surface area contributed by atoms with Gasteiger partial charge in [-0.1, -0.05) is 81.4 Å². The number of thioether (sulfide) groups is 1. The van der Waals surface area contributed by atoms with Crippen molar-refractivity contribution in [2.75, 3.05) is 12.3 Å². The Hall–Kier alpha value is -3.48. The van der Waals surface area contributed by atoms with Crippen molar-refractivity contribution < 1.29 is 22.5 Å². The summed E-state index contributed by atoms with van der Waals surface area (Å²) >= 11 is 1.57. The largest absolute Gasteiger partial charge is 0.457 e. The van der Waals surface area contributed by atoms with Crippen molar-refractivity contribution in [1.29, 1.82) is 0 Å². The number of carbonyl (C=O) groups is 1. The minimum Gasteiger partial charge on any atom is -0.457 e. The molecule has 1 aliphatic heterocycles. The van der Waals surface area contributed by atoms with Crippen LogP contribution in [0.4, 0.5) is 0 Å². The van der Waals surface area contributed by atoms with E-state index in [2.05, 4.69) is 31.2 Å². The van der Waals surface area contributed by atoms with Gasteiger partial charge in [-0.05, 0) is 65.7 Å². The van der Waals surface area contributed by atoms with Crippen LogP contribution in [0.5, 0.6) is 11.5 Å². The Morgan fingerprint density at radius 2 is 1.42 bits per heavy atom. The first-order valence-corrected chi connectivity index (χ1v) is 19.1. The Kier molecular flexibility index (Phi) is 9.57. The number of nitrogens with one attached hydrogen (secondary N) is 1. The number of amides is 1. The van der Waals surface area contributed by atoms with E-state index in [9.17, 15) is 13.2 Å². The van der Waals surface area contributed by atoms with Gasteiger partial charge in [-0.25, -0.2) is 13.9 Å². The third-order valence-corrected chi connectivity index (χ3v) is 16.1. The lowest BCUT2D eigenvalue weighted by atomic mass is 10.0. The fourth-order valence-corrected chi connectivity index (χ4v) is 13.1. The molecule has 0 spiro atoms. The summed E-state index contributed by atoms with van der Waals surface area (Å²) in [6, 6.07) is 28.6. The standard InChI is InChI=1S/C34H39N3O5S2Si/c1-33(2,3)45(29-12-8-6-9-13-29,30-14-10-7-11-15-30)42-36-32(38)31-34(4,5)43-25-24-37(31)44(39,40)28-18-16-26(17-19-28)41-27-20-22-35-23-21-27/h6-23,31H,24-25H2,1-5H3,(H,36,38). The van der Waals surface area contributed by atoms with Crippen molar-refractivity contribution in [2.24, 2.45) is 0 Å². The monoisotopic (exact) mass is 661 g/mol. The lowest BCUT2D eigenvalue weighted by Gasteiger charge is -2.45. The number of benzene rings is 3. The highest BCUT2D eigenvalue weighted by Gasteiger charge is 2.53. The van der Waals surface area contributed by atoms with Crippen LogP contribution in [0, 0.1) is 0 Å². The van der Waals surface area contributed by atoms with E-state index < -0.39 is 35.0 Å². The molecule has 3 aromatic carbocycles. The van der Waals surface area contributed by atoms with Gasteiger partial charge in [0.25, 0.3) is 14.2 Å². The molecule has 1 aliphatic rings. The summed E-state index contributed by atoms with van der Waals surface area (Å²) in [6.45, 7) is 10.3. The summed E-state index contributed by atoms with van der Waals surface area (Å²) in [7, 11) is -7.17. The highest BCUT2D eigenvalue weighted by atomic mass is 32.2. The van der Waals surface area contributed by atoms with Crippen LogP contribution in [0.2, 0.25) is 5.04 Å². The Bertz CT molecular complexity index is 1660. The number of nitrogens with zero attached hydrogens (tertiary/aromatic N) is 2. The summed E-state index contributed by atoms with van der Waals surface area (Å²) in [5.74, 6) is 1.13. The molecule has 0 aliphatic carbocycles. The SMILES string of the molecule is CC1(C)SCCN(S(=O)(=O)c2ccc(Oc3ccncc3)cc2)C1C(=O)NO[Si](c1ccccc1)(c1ccccc1)C(C)(C)C. The zero-order chi connectivity index (χ0) is 32.3. The van der Waals surface area contributed by atoms with Crippen LogP contribution < -0.4 is 20.6 Å². The highest BCUT2D eigenvalue weighted by Crippen LogP contribution is 2.40. The van der Waals surface area contributed by atoms with Gasteiger partial charge < -0.3 is 9.26 Å². The lowest BCUT2D eigenvalue weighted by Crippen LogP contribution is -2.70. The van der Waals surface area contributed by atoms with Gasteiger partial charge in [0.2, 0.25) is 10.0 Å². The molecule has 0 bridgehead atoms. The molecule has 0 radical (unpaired) electrons. The zero-order valence-corrected chi connectivity index (χ0v) is 28.8. The van der Waals surface area contributed by atoms with E-state index in [-0.39, 0.29) is 16.5 Å². The molecule has 1 N–H and O–H groups in total. The number of hydrogen-bond acceptors (Lipinski definition) is 7. The molecule has 236 valence electrons. The molecule has 1 unspecified atom stereocenters. The van der Waals surface area contributed by atoms with Crippen LogP contribution in [-0.4, -0.2) is 55.0 Å². The predicted octanol–water partition coefficient (Wildman–Crippen LogP) is 5.37. The molecule has 11 heteroatoms. The first-order chi connectivity index (χ1) is 21.4. The van der Waals surface area contributed by atoms with E-state index in [0.29, 0.717) is 17.3 Å². The van der Waals surface area contributed by atoms with Crippen molar-refractivity contribution in [3.05, 3.63) is 109 Å². The molecule has 1 atom stereocenters. The molecule has 4 aromatic rings. The summed E-state index contributed by atoms with van der Waals surface area (Å²) in [6.07, 6.45) is 3.24. The van der Waals surface area contributed by atoms with Crippen LogP contribution >= 0.6 is 11.8 Å². The molecule has 8 nitrogen and oxygen atoms in total. The van der Waals surface area contributed by atoms with E-state index in [0.717, 1.165) is 10.4 Å². The quantitative estimate of drug-likeness (QED) is 0.190. The Balaban J connectivity index is 1.46. The molecule has 1 fully saturated rings. The van der Waals surface area contributed by atoms with Crippen molar-refractivity contribution in [3.63, 3.8) is 0 Å². The molecule has 5 rings (SSSR count). The smallest absolute Gasteiger partial charge is 0.295 e. The topological polar surface area (TPSA) is 97.8 Å².